The maximum Gasteiger partial charge on any atom is 0.152 e. The minimum atomic E-state index is -0.468. The van der Waals surface area contributed by atoms with Crippen LogP contribution in [0.2, 0.25) is 0 Å². The molecule has 1 heteroatoms. The van der Waals surface area contributed by atoms with Crippen LogP contribution in [0, 0.1) is 11.8 Å². The first-order chi connectivity index (χ1) is 10.3. The fourth-order valence-corrected chi connectivity index (χ4v) is 4.17. The van der Waals surface area contributed by atoms with E-state index in [1.807, 2.05) is 36.4 Å². The Labute approximate surface area is 125 Å². The number of hydrogen-bond donors (Lipinski definition) is 0. The lowest BCUT2D eigenvalue weighted by Gasteiger charge is -2.54. The number of fused-ring (bicyclic) bond motifs is 1. The molecule has 0 amide bonds. The summed E-state index contributed by atoms with van der Waals surface area (Å²) in [5, 5.41) is 0. The van der Waals surface area contributed by atoms with Gasteiger partial charge in [0.05, 0.1) is 5.41 Å². The van der Waals surface area contributed by atoms with Gasteiger partial charge in [0, 0.05) is 11.8 Å². The number of Topliss-reactive ketones (excluding diaryl/α,β-unsaturated/α-hetero) is 1. The van der Waals surface area contributed by atoms with Gasteiger partial charge in [-0.25, -0.2) is 0 Å². The highest BCUT2D eigenvalue weighted by atomic mass is 16.1. The van der Waals surface area contributed by atoms with Crippen molar-refractivity contribution in [3.8, 4) is 0 Å². The molecular weight excluding hydrogens is 256 g/mol. The van der Waals surface area contributed by atoms with Gasteiger partial charge in [-0.15, -0.1) is 0 Å². The quantitative estimate of drug-likeness (QED) is 0.752. The summed E-state index contributed by atoms with van der Waals surface area (Å²) < 4.78 is 0. The number of carbonyl (C=O) groups excluding carboxylic acids is 1. The van der Waals surface area contributed by atoms with Crippen LogP contribution in [0.15, 0.2) is 72.8 Å². The van der Waals surface area contributed by atoms with Gasteiger partial charge >= 0.3 is 0 Å². The number of carbonyl (C=O) groups is 1. The molecule has 0 saturated heterocycles. The summed E-state index contributed by atoms with van der Waals surface area (Å²) in [5.74, 6) is 0.910. The Morgan fingerprint density at radius 1 is 0.857 bits per heavy atom. The fraction of sp³-hybridized carbons (Fsp3) is 0.250. The number of hydrogen-bond acceptors (Lipinski definition) is 1. The average Bonchev–Trinajstić information content (AvgIpc) is 2.57. The molecule has 0 aromatic heterocycles. The summed E-state index contributed by atoms with van der Waals surface area (Å²) in [4.78, 5) is 13.1. The third kappa shape index (κ3) is 1.61. The first-order valence-corrected chi connectivity index (χ1v) is 7.67. The monoisotopic (exact) mass is 274 g/mol. The molecule has 0 spiro atoms. The van der Waals surface area contributed by atoms with Crippen LogP contribution in [0.25, 0.3) is 0 Å². The summed E-state index contributed by atoms with van der Waals surface area (Å²) >= 11 is 0. The van der Waals surface area contributed by atoms with E-state index in [-0.39, 0.29) is 5.92 Å². The highest BCUT2D eigenvalue weighted by molar-refractivity contribution is 6.03. The zero-order chi connectivity index (χ0) is 14.3. The van der Waals surface area contributed by atoms with Crippen LogP contribution in [-0.4, -0.2) is 5.78 Å². The van der Waals surface area contributed by atoms with Gasteiger partial charge in [0.15, 0.2) is 5.78 Å². The molecule has 2 atom stereocenters. The van der Waals surface area contributed by atoms with Gasteiger partial charge in [0.2, 0.25) is 0 Å². The van der Waals surface area contributed by atoms with E-state index in [2.05, 4.69) is 36.4 Å². The SMILES string of the molecule is O=C1[C@H]2CCC=C[C@H]2C1(c1ccccc1)c1ccccc1. The summed E-state index contributed by atoms with van der Waals surface area (Å²) in [6.07, 6.45) is 6.55. The Hall–Kier alpha value is -2.15. The lowest BCUT2D eigenvalue weighted by Crippen LogP contribution is -2.61. The van der Waals surface area contributed by atoms with E-state index in [9.17, 15) is 4.79 Å². The van der Waals surface area contributed by atoms with E-state index in [4.69, 9.17) is 0 Å². The Morgan fingerprint density at radius 3 is 2.00 bits per heavy atom. The standard InChI is InChI=1S/C20H18O/c21-19-17-13-7-8-14-18(17)20(19,15-9-3-1-4-10-15)16-11-5-2-6-12-16/h1-6,8-12,14,17-18H,7,13H2/t17-,18+/m0/s1. The number of allylic oxidation sites excluding steroid dienone is 2. The van der Waals surface area contributed by atoms with Crippen molar-refractivity contribution >= 4 is 5.78 Å². The van der Waals surface area contributed by atoms with Gasteiger partial charge in [-0.2, -0.15) is 0 Å². The molecule has 1 fully saturated rings. The molecule has 0 heterocycles. The molecule has 0 unspecified atom stereocenters. The van der Waals surface area contributed by atoms with Crippen molar-refractivity contribution in [2.24, 2.45) is 11.8 Å². The predicted molar refractivity (Wildman–Crippen MR) is 84.0 cm³/mol. The Balaban J connectivity index is 1.94. The largest absolute Gasteiger partial charge is 0.298 e. The predicted octanol–water partition coefficient (Wildman–Crippen LogP) is 4.14. The molecular formula is C20H18O. The molecule has 2 aromatic carbocycles. The lowest BCUT2D eigenvalue weighted by atomic mass is 9.45. The molecule has 0 radical (unpaired) electrons. The van der Waals surface area contributed by atoms with Gasteiger partial charge < -0.3 is 0 Å². The van der Waals surface area contributed by atoms with Crippen LogP contribution < -0.4 is 0 Å². The zero-order valence-electron chi connectivity index (χ0n) is 11.9. The van der Waals surface area contributed by atoms with E-state index < -0.39 is 5.41 Å². The highest BCUT2D eigenvalue weighted by Crippen LogP contribution is 2.57. The van der Waals surface area contributed by atoms with Crippen molar-refractivity contribution in [3.63, 3.8) is 0 Å². The summed E-state index contributed by atoms with van der Waals surface area (Å²) in [5.41, 5.74) is 1.80. The van der Waals surface area contributed by atoms with Crippen LogP contribution in [0.3, 0.4) is 0 Å². The molecule has 2 aliphatic rings. The molecule has 0 bridgehead atoms. The number of ketones is 1. The van der Waals surface area contributed by atoms with Crippen LogP contribution in [0.4, 0.5) is 0 Å². The van der Waals surface area contributed by atoms with Crippen molar-refractivity contribution < 1.29 is 4.79 Å². The maximum atomic E-state index is 13.1. The van der Waals surface area contributed by atoms with E-state index in [1.54, 1.807) is 0 Å². The minimum absolute atomic E-state index is 0.204. The molecule has 2 aliphatic carbocycles. The molecule has 104 valence electrons. The average molecular weight is 274 g/mol. The third-order valence-corrected chi connectivity index (χ3v) is 5.10. The van der Waals surface area contributed by atoms with Crippen LogP contribution in [0.5, 0.6) is 0 Å². The van der Waals surface area contributed by atoms with Crippen molar-refractivity contribution in [1.29, 1.82) is 0 Å². The first kappa shape index (κ1) is 12.6. The smallest absolute Gasteiger partial charge is 0.152 e. The van der Waals surface area contributed by atoms with Gasteiger partial charge in [-0.05, 0) is 24.0 Å². The molecule has 21 heavy (non-hydrogen) atoms. The van der Waals surface area contributed by atoms with Gasteiger partial charge in [0.25, 0.3) is 0 Å². The molecule has 2 aromatic rings. The van der Waals surface area contributed by atoms with Crippen molar-refractivity contribution in [2.75, 3.05) is 0 Å². The molecule has 1 nitrogen and oxygen atoms in total. The second-order valence-electron chi connectivity index (χ2n) is 6.04. The third-order valence-electron chi connectivity index (χ3n) is 5.10. The van der Waals surface area contributed by atoms with Gasteiger partial charge in [-0.3, -0.25) is 4.79 Å². The summed E-state index contributed by atoms with van der Waals surface area (Å²) in [6.45, 7) is 0. The van der Waals surface area contributed by atoms with Crippen LogP contribution in [-0.2, 0) is 10.2 Å². The lowest BCUT2D eigenvalue weighted by molar-refractivity contribution is -0.142. The molecule has 0 aliphatic heterocycles. The second kappa shape index (κ2) is 4.70. The zero-order valence-corrected chi connectivity index (χ0v) is 11.9. The Kier molecular flexibility index (Phi) is 2.81. The second-order valence-corrected chi connectivity index (χ2v) is 6.04. The molecule has 0 N–H and O–H groups in total. The van der Waals surface area contributed by atoms with Crippen LogP contribution >= 0.6 is 0 Å². The first-order valence-electron chi connectivity index (χ1n) is 7.67. The molecule has 1 saturated carbocycles. The minimum Gasteiger partial charge on any atom is -0.298 e. The van der Waals surface area contributed by atoms with Gasteiger partial charge in [-0.1, -0.05) is 72.8 Å². The highest BCUT2D eigenvalue weighted by Gasteiger charge is 2.62. The van der Waals surface area contributed by atoms with Crippen molar-refractivity contribution in [3.05, 3.63) is 83.9 Å². The maximum absolute atomic E-state index is 13.1. The van der Waals surface area contributed by atoms with Crippen LogP contribution in [0.1, 0.15) is 24.0 Å². The van der Waals surface area contributed by atoms with Gasteiger partial charge in [0.1, 0.15) is 0 Å². The number of rotatable bonds is 2. The Bertz CT molecular complexity index is 645. The van der Waals surface area contributed by atoms with Crippen molar-refractivity contribution in [2.45, 2.75) is 18.3 Å². The topological polar surface area (TPSA) is 17.1 Å². The van der Waals surface area contributed by atoms with Crippen molar-refractivity contribution in [1.82, 2.24) is 0 Å². The fourth-order valence-electron chi connectivity index (χ4n) is 4.17. The molecule has 4 rings (SSSR count). The van der Waals surface area contributed by atoms with E-state index in [0.717, 1.165) is 24.0 Å². The summed E-state index contributed by atoms with van der Waals surface area (Å²) in [6, 6.07) is 20.6. The number of benzene rings is 2. The van der Waals surface area contributed by atoms with E-state index >= 15 is 0 Å². The van der Waals surface area contributed by atoms with E-state index in [1.165, 1.54) is 0 Å². The summed E-state index contributed by atoms with van der Waals surface area (Å²) in [7, 11) is 0. The normalized spacial score (nSPS) is 26.0. The van der Waals surface area contributed by atoms with E-state index in [0.29, 0.717) is 11.7 Å². The Morgan fingerprint density at radius 2 is 1.43 bits per heavy atom.